The molecule has 22 heavy (non-hydrogen) atoms. The Balaban J connectivity index is 0.00000176. The first-order valence-corrected chi connectivity index (χ1v) is 8.27. The Hall–Kier alpha value is -0.0800. The molecule has 3 atom stereocenters. The smallest absolute Gasteiger partial charge is 0.191 e. The van der Waals surface area contributed by atoms with Gasteiger partial charge in [0.25, 0.3) is 0 Å². The van der Waals surface area contributed by atoms with Crippen molar-refractivity contribution in [3.8, 4) is 0 Å². The number of ether oxygens (including phenoxy) is 1. The number of rotatable bonds is 3. The molecule has 0 radical (unpaired) electrons. The molecule has 0 aromatic heterocycles. The quantitative estimate of drug-likeness (QED) is 0.369. The maximum Gasteiger partial charge on any atom is 0.191 e. The third-order valence-electron chi connectivity index (χ3n) is 5.72. The van der Waals surface area contributed by atoms with Gasteiger partial charge in [-0.2, -0.15) is 0 Å². The molecule has 0 aromatic carbocycles. The summed E-state index contributed by atoms with van der Waals surface area (Å²) in [6.07, 6.45) is 5.67. The van der Waals surface area contributed by atoms with E-state index in [4.69, 9.17) is 4.74 Å². The lowest BCUT2D eigenvalue weighted by Gasteiger charge is -2.60. The number of nitrogens with zero attached hydrogens (tertiary/aromatic N) is 1. The third-order valence-corrected chi connectivity index (χ3v) is 5.72. The number of nitrogens with one attached hydrogen (secondary N) is 2. The standard InChI is InChI=1S/C16H29N3O2.HI/c1-15(2)12(11-6-4-9-21-13(11)15)19-14(17-3)18-10-16(20)7-5-8-16;/h11-13,20H,4-10H2,1-3H3,(H2,17,18,19);1H. The predicted molar refractivity (Wildman–Crippen MR) is 98.7 cm³/mol. The molecule has 3 rings (SSSR count). The van der Waals surface area contributed by atoms with Gasteiger partial charge in [0, 0.05) is 37.6 Å². The van der Waals surface area contributed by atoms with Gasteiger partial charge in [-0.05, 0) is 32.1 Å². The summed E-state index contributed by atoms with van der Waals surface area (Å²) in [5.74, 6) is 1.39. The molecule has 128 valence electrons. The highest BCUT2D eigenvalue weighted by Crippen LogP contribution is 2.51. The maximum atomic E-state index is 10.2. The molecule has 1 aliphatic heterocycles. The fourth-order valence-corrected chi connectivity index (χ4v) is 4.17. The van der Waals surface area contributed by atoms with Crippen molar-refractivity contribution in [2.45, 2.75) is 63.7 Å². The highest BCUT2D eigenvalue weighted by Gasteiger charge is 2.58. The monoisotopic (exact) mass is 423 g/mol. The summed E-state index contributed by atoms with van der Waals surface area (Å²) >= 11 is 0. The molecule has 0 spiro atoms. The van der Waals surface area contributed by atoms with Crippen LogP contribution in [0.4, 0.5) is 0 Å². The van der Waals surface area contributed by atoms with Crippen LogP contribution in [-0.4, -0.2) is 49.0 Å². The van der Waals surface area contributed by atoms with E-state index < -0.39 is 5.60 Å². The zero-order chi connectivity index (χ0) is 15.1. The summed E-state index contributed by atoms with van der Waals surface area (Å²) in [5, 5.41) is 17.0. The molecular formula is C16H30IN3O2. The van der Waals surface area contributed by atoms with Crippen LogP contribution in [0.2, 0.25) is 0 Å². The van der Waals surface area contributed by atoms with Crippen molar-refractivity contribution in [3.05, 3.63) is 0 Å². The lowest BCUT2D eigenvalue weighted by molar-refractivity contribution is -0.188. The third kappa shape index (κ3) is 3.24. The van der Waals surface area contributed by atoms with E-state index in [0.29, 0.717) is 24.6 Å². The molecule has 2 saturated carbocycles. The van der Waals surface area contributed by atoms with Gasteiger partial charge in [0.2, 0.25) is 0 Å². The van der Waals surface area contributed by atoms with Crippen molar-refractivity contribution >= 4 is 29.9 Å². The van der Waals surface area contributed by atoms with Crippen LogP contribution in [-0.2, 0) is 4.74 Å². The molecule has 3 unspecified atom stereocenters. The van der Waals surface area contributed by atoms with E-state index in [-0.39, 0.29) is 29.4 Å². The molecule has 3 N–H and O–H groups in total. The summed E-state index contributed by atoms with van der Waals surface area (Å²) < 4.78 is 5.94. The van der Waals surface area contributed by atoms with Crippen LogP contribution < -0.4 is 10.6 Å². The second-order valence-electron chi connectivity index (χ2n) is 7.54. The summed E-state index contributed by atoms with van der Waals surface area (Å²) in [7, 11) is 1.79. The van der Waals surface area contributed by atoms with Gasteiger partial charge in [-0.3, -0.25) is 4.99 Å². The Bertz CT molecular complexity index is 424. The van der Waals surface area contributed by atoms with Crippen LogP contribution in [0, 0.1) is 11.3 Å². The minimum absolute atomic E-state index is 0. The van der Waals surface area contributed by atoms with Crippen molar-refractivity contribution < 1.29 is 9.84 Å². The van der Waals surface area contributed by atoms with E-state index in [9.17, 15) is 5.11 Å². The van der Waals surface area contributed by atoms with E-state index in [2.05, 4.69) is 29.5 Å². The lowest BCUT2D eigenvalue weighted by Crippen LogP contribution is -2.71. The first-order chi connectivity index (χ1) is 9.96. The second kappa shape index (κ2) is 6.81. The van der Waals surface area contributed by atoms with E-state index in [1.807, 2.05) is 0 Å². The van der Waals surface area contributed by atoms with Gasteiger partial charge in [0.15, 0.2) is 5.96 Å². The van der Waals surface area contributed by atoms with Crippen LogP contribution >= 0.6 is 24.0 Å². The van der Waals surface area contributed by atoms with Gasteiger partial charge < -0.3 is 20.5 Å². The van der Waals surface area contributed by atoms with E-state index in [0.717, 1.165) is 38.2 Å². The van der Waals surface area contributed by atoms with Crippen LogP contribution in [0.5, 0.6) is 0 Å². The second-order valence-corrected chi connectivity index (χ2v) is 7.54. The number of hydrogen-bond acceptors (Lipinski definition) is 3. The fraction of sp³-hybridized carbons (Fsp3) is 0.938. The molecule has 0 bridgehead atoms. The Morgan fingerprint density at radius 2 is 2.05 bits per heavy atom. The van der Waals surface area contributed by atoms with Crippen LogP contribution in [0.1, 0.15) is 46.0 Å². The lowest BCUT2D eigenvalue weighted by atomic mass is 9.55. The summed E-state index contributed by atoms with van der Waals surface area (Å²) in [6.45, 7) is 6.02. The molecule has 3 fully saturated rings. The molecule has 0 aromatic rings. The van der Waals surface area contributed by atoms with Crippen molar-refractivity contribution in [3.63, 3.8) is 0 Å². The van der Waals surface area contributed by atoms with Crippen LogP contribution in [0.15, 0.2) is 4.99 Å². The average molecular weight is 423 g/mol. The summed E-state index contributed by atoms with van der Waals surface area (Å²) in [4.78, 5) is 4.32. The van der Waals surface area contributed by atoms with Crippen LogP contribution in [0.25, 0.3) is 0 Å². The normalized spacial score (nSPS) is 35.3. The highest BCUT2D eigenvalue weighted by atomic mass is 127. The number of halogens is 1. The van der Waals surface area contributed by atoms with E-state index in [1.165, 1.54) is 6.42 Å². The number of aliphatic imine (C=N–C) groups is 1. The Morgan fingerprint density at radius 3 is 2.64 bits per heavy atom. The zero-order valence-corrected chi connectivity index (χ0v) is 16.2. The largest absolute Gasteiger partial charge is 0.388 e. The minimum atomic E-state index is -0.525. The molecule has 1 heterocycles. The SMILES string of the molecule is CN=C(NCC1(O)CCC1)NC1C2CCCOC2C1(C)C.I. The predicted octanol–water partition coefficient (Wildman–Crippen LogP) is 1.89. The topological polar surface area (TPSA) is 65.9 Å². The van der Waals surface area contributed by atoms with Gasteiger partial charge in [0.1, 0.15) is 0 Å². The Labute approximate surface area is 150 Å². The van der Waals surface area contributed by atoms with Crippen molar-refractivity contribution in [2.24, 2.45) is 16.3 Å². The molecule has 3 aliphatic rings. The average Bonchev–Trinajstić information content (AvgIpc) is 2.45. The number of hydrogen-bond donors (Lipinski definition) is 3. The minimum Gasteiger partial charge on any atom is -0.388 e. The van der Waals surface area contributed by atoms with Gasteiger partial charge in [-0.15, -0.1) is 24.0 Å². The van der Waals surface area contributed by atoms with Gasteiger partial charge >= 0.3 is 0 Å². The van der Waals surface area contributed by atoms with E-state index >= 15 is 0 Å². The van der Waals surface area contributed by atoms with E-state index in [1.54, 1.807) is 7.05 Å². The first-order valence-electron chi connectivity index (χ1n) is 8.27. The van der Waals surface area contributed by atoms with Gasteiger partial charge in [0.05, 0.1) is 11.7 Å². The molecule has 0 amide bonds. The molecule has 5 nitrogen and oxygen atoms in total. The Kier molecular flexibility index (Phi) is 5.65. The molecule has 6 heteroatoms. The van der Waals surface area contributed by atoms with Crippen molar-refractivity contribution in [2.75, 3.05) is 20.2 Å². The zero-order valence-electron chi connectivity index (χ0n) is 13.9. The Morgan fingerprint density at radius 1 is 1.32 bits per heavy atom. The number of aliphatic hydroxyl groups is 1. The first kappa shape index (κ1) is 18.3. The van der Waals surface area contributed by atoms with Crippen molar-refractivity contribution in [1.29, 1.82) is 0 Å². The van der Waals surface area contributed by atoms with Crippen LogP contribution in [0.3, 0.4) is 0 Å². The van der Waals surface area contributed by atoms with Gasteiger partial charge in [-0.25, -0.2) is 0 Å². The summed E-state index contributed by atoms with van der Waals surface area (Å²) in [6, 6.07) is 0.394. The summed E-state index contributed by atoms with van der Waals surface area (Å²) in [5.41, 5.74) is -0.390. The number of fused-ring (bicyclic) bond motifs is 1. The molecule has 2 aliphatic carbocycles. The number of guanidine groups is 1. The molecule has 1 saturated heterocycles. The maximum absolute atomic E-state index is 10.2. The van der Waals surface area contributed by atoms with Gasteiger partial charge in [-0.1, -0.05) is 13.8 Å². The highest BCUT2D eigenvalue weighted by molar-refractivity contribution is 14.0. The van der Waals surface area contributed by atoms with Crippen molar-refractivity contribution in [1.82, 2.24) is 10.6 Å². The molecular weight excluding hydrogens is 393 g/mol. The fourth-order valence-electron chi connectivity index (χ4n) is 4.17.